The Hall–Kier alpha value is -2.01. The quantitative estimate of drug-likeness (QED) is 0.432. The molecule has 5 nitrogen and oxygen atoms in total. The number of benzene rings is 1. The first-order valence-corrected chi connectivity index (χ1v) is 5.71. The largest absolute Gasteiger partial charge is 0.370 e. The van der Waals surface area contributed by atoms with E-state index < -0.39 is 0 Å². The minimum atomic E-state index is -0.129. The summed E-state index contributed by atoms with van der Waals surface area (Å²) in [5.74, 6) is 0.120. The number of hydrogen-bond acceptors (Lipinski definition) is 2. The summed E-state index contributed by atoms with van der Waals surface area (Å²) in [5, 5.41) is 7.38. The van der Waals surface area contributed by atoms with E-state index in [4.69, 9.17) is 16.9 Å². The van der Waals surface area contributed by atoms with Crippen LogP contribution in [-0.2, 0) is 6.42 Å². The molecule has 0 fully saturated rings. The van der Waals surface area contributed by atoms with Crippen molar-refractivity contribution in [2.75, 3.05) is 13.1 Å². The van der Waals surface area contributed by atoms with E-state index >= 15 is 0 Å². The lowest BCUT2D eigenvalue weighted by Crippen LogP contribution is -2.45. The second-order valence-corrected chi connectivity index (χ2v) is 3.76. The molecule has 6 heteroatoms. The van der Waals surface area contributed by atoms with Crippen molar-refractivity contribution in [3.63, 3.8) is 0 Å². The summed E-state index contributed by atoms with van der Waals surface area (Å²) in [4.78, 5) is 5.61. The van der Waals surface area contributed by atoms with Gasteiger partial charge in [0, 0.05) is 13.1 Å². The highest BCUT2D eigenvalue weighted by atomic mass is 35.5. The Labute approximate surface area is 119 Å². The molecule has 0 heterocycles. The summed E-state index contributed by atoms with van der Waals surface area (Å²) in [6, 6.07) is 10.0. The van der Waals surface area contributed by atoms with Crippen LogP contribution in [0.5, 0.6) is 0 Å². The first kappa shape index (κ1) is 17.0. The number of nitrogens with zero attached hydrogens (tertiary/aromatic N) is 2. The zero-order chi connectivity index (χ0) is 13.4. The first-order valence-electron chi connectivity index (χ1n) is 5.71. The van der Waals surface area contributed by atoms with Gasteiger partial charge in [0.25, 0.3) is 0 Å². The number of halogens is 1. The van der Waals surface area contributed by atoms with Crippen LogP contribution in [0.25, 0.3) is 0 Å². The van der Waals surface area contributed by atoms with Crippen molar-refractivity contribution in [1.29, 1.82) is 5.41 Å². The number of rotatable bonds is 5. The lowest BCUT2D eigenvalue weighted by atomic mass is 10.2. The average molecular weight is 282 g/mol. The maximum absolute atomic E-state index is 7.38. The molecule has 0 aromatic heterocycles. The van der Waals surface area contributed by atoms with E-state index in [1.54, 1.807) is 6.08 Å². The van der Waals surface area contributed by atoms with Crippen LogP contribution in [0.1, 0.15) is 5.56 Å². The molecule has 0 atom stereocenters. The van der Waals surface area contributed by atoms with Crippen LogP contribution >= 0.6 is 12.4 Å². The van der Waals surface area contributed by atoms with Gasteiger partial charge in [-0.2, -0.15) is 0 Å². The highest BCUT2D eigenvalue weighted by molar-refractivity contribution is 5.95. The Morgan fingerprint density at radius 1 is 1.32 bits per heavy atom. The molecule has 0 aliphatic carbocycles. The molecule has 0 bridgehead atoms. The summed E-state index contributed by atoms with van der Waals surface area (Å²) >= 11 is 0. The Balaban J connectivity index is 0.00000324. The van der Waals surface area contributed by atoms with Crippen LogP contribution in [0.3, 0.4) is 0 Å². The maximum atomic E-state index is 7.38. The van der Waals surface area contributed by atoms with Crippen molar-refractivity contribution in [3.8, 4) is 0 Å². The van der Waals surface area contributed by atoms with Crippen molar-refractivity contribution in [1.82, 2.24) is 4.90 Å². The summed E-state index contributed by atoms with van der Waals surface area (Å²) in [7, 11) is 0. The third-order valence-electron chi connectivity index (χ3n) is 2.40. The van der Waals surface area contributed by atoms with Gasteiger partial charge in [-0.05, 0) is 12.0 Å². The zero-order valence-electron chi connectivity index (χ0n) is 10.7. The molecule has 0 aliphatic rings. The SMILES string of the molecule is C=CCN(C(=N)N)C(N)=NCCc1ccccc1.Cl. The number of hydrogen-bond donors (Lipinski definition) is 3. The second-order valence-electron chi connectivity index (χ2n) is 3.76. The van der Waals surface area contributed by atoms with Crippen LogP contribution in [0.4, 0.5) is 0 Å². The van der Waals surface area contributed by atoms with Gasteiger partial charge in [0.1, 0.15) is 0 Å². The van der Waals surface area contributed by atoms with Gasteiger partial charge in [0.05, 0.1) is 0 Å². The fraction of sp³-hybridized carbons (Fsp3) is 0.231. The minimum Gasteiger partial charge on any atom is -0.370 e. The number of guanidine groups is 2. The van der Waals surface area contributed by atoms with Crippen molar-refractivity contribution in [3.05, 3.63) is 48.6 Å². The van der Waals surface area contributed by atoms with Crippen molar-refractivity contribution in [2.24, 2.45) is 16.5 Å². The van der Waals surface area contributed by atoms with Gasteiger partial charge in [-0.15, -0.1) is 19.0 Å². The molecule has 1 aromatic carbocycles. The molecule has 1 rings (SSSR count). The molecule has 0 aliphatic heterocycles. The lowest BCUT2D eigenvalue weighted by molar-refractivity contribution is 0.651. The molecule has 5 N–H and O–H groups in total. The standard InChI is InChI=1S/C13H19N5.ClH/c1-2-10-18(12(14)15)13(16)17-9-8-11-6-4-3-5-7-11;/h2-7H,1,8-10H2,(H3,14,15)(H2,16,17);1H. The van der Waals surface area contributed by atoms with Crippen molar-refractivity contribution < 1.29 is 0 Å². The van der Waals surface area contributed by atoms with Crippen LogP contribution in [0.15, 0.2) is 48.0 Å². The van der Waals surface area contributed by atoms with E-state index in [2.05, 4.69) is 11.6 Å². The summed E-state index contributed by atoms with van der Waals surface area (Å²) in [6.07, 6.45) is 2.43. The third kappa shape index (κ3) is 5.92. The van der Waals surface area contributed by atoms with Crippen LogP contribution < -0.4 is 11.5 Å². The number of nitrogens with one attached hydrogen (secondary N) is 1. The molecule has 0 saturated heterocycles. The number of aliphatic imine (C=N–C) groups is 1. The monoisotopic (exact) mass is 281 g/mol. The Kier molecular flexibility index (Phi) is 8.04. The average Bonchev–Trinajstić information content (AvgIpc) is 2.36. The molecule has 19 heavy (non-hydrogen) atoms. The molecular formula is C13H20ClN5. The van der Waals surface area contributed by atoms with Gasteiger partial charge in [-0.3, -0.25) is 15.3 Å². The van der Waals surface area contributed by atoms with Gasteiger partial charge in [0.15, 0.2) is 11.9 Å². The number of nitrogens with two attached hydrogens (primary N) is 2. The van der Waals surface area contributed by atoms with Crippen molar-refractivity contribution >= 4 is 24.3 Å². The van der Waals surface area contributed by atoms with E-state index in [9.17, 15) is 0 Å². The van der Waals surface area contributed by atoms with E-state index in [0.717, 1.165) is 6.42 Å². The van der Waals surface area contributed by atoms with Gasteiger partial charge in [0.2, 0.25) is 0 Å². The third-order valence-corrected chi connectivity index (χ3v) is 2.40. The van der Waals surface area contributed by atoms with Crippen LogP contribution in [-0.4, -0.2) is 29.9 Å². The zero-order valence-corrected chi connectivity index (χ0v) is 11.6. The molecule has 0 saturated carbocycles. The molecule has 1 aromatic rings. The smallest absolute Gasteiger partial charge is 0.198 e. The van der Waals surface area contributed by atoms with Gasteiger partial charge < -0.3 is 11.5 Å². The maximum Gasteiger partial charge on any atom is 0.198 e. The highest BCUT2D eigenvalue weighted by Crippen LogP contribution is 1.99. The van der Waals surface area contributed by atoms with E-state index in [1.807, 2.05) is 30.3 Å². The lowest BCUT2D eigenvalue weighted by Gasteiger charge is -2.19. The first-order chi connectivity index (χ1) is 8.65. The highest BCUT2D eigenvalue weighted by Gasteiger charge is 2.08. The minimum absolute atomic E-state index is 0. The summed E-state index contributed by atoms with van der Waals surface area (Å²) in [6.45, 7) is 4.54. The Morgan fingerprint density at radius 3 is 2.47 bits per heavy atom. The summed E-state index contributed by atoms with van der Waals surface area (Å²) < 4.78 is 0. The van der Waals surface area contributed by atoms with Crippen LogP contribution in [0, 0.1) is 5.41 Å². The van der Waals surface area contributed by atoms with Crippen LogP contribution in [0.2, 0.25) is 0 Å². The normalized spacial score (nSPS) is 10.4. The second kappa shape index (κ2) is 8.99. The molecule has 104 valence electrons. The Morgan fingerprint density at radius 2 is 1.95 bits per heavy atom. The summed E-state index contributed by atoms with van der Waals surface area (Å²) in [5.41, 5.74) is 12.4. The van der Waals surface area contributed by atoms with Gasteiger partial charge in [-0.25, -0.2) is 0 Å². The predicted octanol–water partition coefficient (Wildman–Crippen LogP) is 1.35. The predicted molar refractivity (Wildman–Crippen MR) is 82.7 cm³/mol. The van der Waals surface area contributed by atoms with Gasteiger partial charge in [-0.1, -0.05) is 36.4 Å². The Bertz CT molecular complexity index is 430. The topological polar surface area (TPSA) is 91.5 Å². The molecule has 0 amide bonds. The van der Waals surface area contributed by atoms with E-state index in [1.165, 1.54) is 10.5 Å². The fourth-order valence-electron chi connectivity index (χ4n) is 1.47. The van der Waals surface area contributed by atoms with Gasteiger partial charge >= 0.3 is 0 Å². The molecule has 0 spiro atoms. The fourth-order valence-corrected chi connectivity index (χ4v) is 1.47. The molecule has 0 unspecified atom stereocenters. The molecule has 0 radical (unpaired) electrons. The van der Waals surface area contributed by atoms with Crippen molar-refractivity contribution in [2.45, 2.75) is 6.42 Å². The molecular weight excluding hydrogens is 262 g/mol. The van der Waals surface area contributed by atoms with E-state index in [0.29, 0.717) is 13.1 Å². The van der Waals surface area contributed by atoms with E-state index in [-0.39, 0.29) is 24.3 Å².